The molecule has 0 aromatic heterocycles. The van der Waals surface area contributed by atoms with Gasteiger partial charge in [-0.2, -0.15) is 5.26 Å². The van der Waals surface area contributed by atoms with E-state index in [4.69, 9.17) is 10.4 Å². The zero-order valence-electron chi connectivity index (χ0n) is 8.52. The number of aliphatic carboxylic acids is 1. The highest BCUT2D eigenvalue weighted by Crippen LogP contribution is 2.08. The molecular weight excluding hydrogens is 192 g/mol. The summed E-state index contributed by atoms with van der Waals surface area (Å²) in [7, 11) is 0. The van der Waals surface area contributed by atoms with Gasteiger partial charge < -0.3 is 10.0 Å². The van der Waals surface area contributed by atoms with Crippen LogP contribution in [-0.2, 0) is 4.79 Å². The summed E-state index contributed by atoms with van der Waals surface area (Å²) in [6, 6.07) is 1.63. The number of carboxylic acids is 1. The number of piperidine rings is 1. The Morgan fingerprint density at radius 1 is 1.33 bits per heavy atom. The number of carboxylic acid groups (broad SMARTS) is 1. The van der Waals surface area contributed by atoms with Crippen LogP contribution in [0.1, 0.15) is 19.3 Å². The molecule has 0 amide bonds. The van der Waals surface area contributed by atoms with Crippen molar-refractivity contribution in [3.63, 3.8) is 0 Å². The van der Waals surface area contributed by atoms with E-state index in [0.717, 1.165) is 13.1 Å². The van der Waals surface area contributed by atoms with Crippen molar-refractivity contribution in [1.29, 1.82) is 5.26 Å². The fourth-order valence-electron chi connectivity index (χ4n) is 1.48. The monoisotopic (exact) mass is 206 g/mol. The van der Waals surface area contributed by atoms with Crippen molar-refractivity contribution in [1.82, 2.24) is 4.90 Å². The van der Waals surface area contributed by atoms with E-state index < -0.39 is 5.97 Å². The average Bonchev–Trinajstić information content (AvgIpc) is 2.25. The lowest BCUT2D eigenvalue weighted by atomic mass is 10.1. The predicted molar refractivity (Wildman–Crippen MR) is 55.9 cm³/mol. The Morgan fingerprint density at radius 2 is 2.00 bits per heavy atom. The van der Waals surface area contributed by atoms with E-state index in [9.17, 15) is 4.79 Å². The molecule has 15 heavy (non-hydrogen) atoms. The summed E-state index contributed by atoms with van der Waals surface area (Å²) in [6.07, 6.45) is 8.42. The maximum Gasteiger partial charge on any atom is 0.346 e. The molecule has 4 nitrogen and oxygen atoms in total. The lowest BCUT2D eigenvalue weighted by Gasteiger charge is -2.24. The van der Waals surface area contributed by atoms with Gasteiger partial charge in [-0.05, 0) is 37.6 Å². The zero-order valence-corrected chi connectivity index (χ0v) is 8.52. The third-order valence-corrected chi connectivity index (χ3v) is 2.30. The molecule has 0 unspecified atom stereocenters. The van der Waals surface area contributed by atoms with Crippen LogP contribution >= 0.6 is 0 Å². The third-order valence-electron chi connectivity index (χ3n) is 2.30. The fourth-order valence-corrected chi connectivity index (χ4v) is 1.48. The van der Waals surface area contributed by atoms with Crippen LogP contribution in [0.15, 0.2) is 23.9 Å². The summed E-state index contributed by atoms with van der Waals surface area (Å²) in [5.41, 5.74) is -0.233. The predicted octanol–water partition coefficient (Wildman–Crippen LogP) is 1.52. The van der Waals surface area contributed by atoms with E-state index >= 15 is 0 Å². The molecule has 0 saturated carbocycles. The number of rotatable bonds is 3. The molecule has 0 spiro atoms. The molecule has 80 valence electrons. The topological polar surface area (TPSA) is 64.3 Å². The molecule has 1 N–H and O–H groups in total. The molecule has 1 heterocycles. The van der Waals surface area contributed by atoms with Gasteiger partial charge in [0.05, 0.1) is 0 Å². The van der Waals surface area contributed by atoms with Crippen molar-refractivity contribution < 1.29 is 9.90 Å². The van der Waals surface area contributed by atoms with Crippen LogP contribution in [0.5, 0.6) is 0 Å². The first kappa shape index (κ1) is 11.3. The highest BCUT2D eigenvalue weighted by atomic mass is 16.4. The van der Waals surface area contributed by atoms with Gasteiger partial charge >= 0.3 is 5.97 Å². The van der Waals surface area contributed by atoms with Crippen LogP contribution in [0.3, 0.4) is 0 Å². The van der Waals surface area contributed by atoms with Crippen LogP contribution < -0.4 is 0 Å². The lowest BCUT2D eigenvalue weighted by molar-refractivity contribution is -0.132. The van der Waals surface area contributed by atoms with Gasteiger partial charge in [-0.3, -0.25) is 0 Å². The van der Waals surface area contributed by atoms with E-state index in [2.05, 4.69) is 4.90 Å². The molecule has 0 atom stereocenters. The molecule has 0 bridgehead atoms. The number of likely N-dealkylation sites (tertiary alicyclic amines) is 1. The SMILES string of the molecule is N#C/C(=C\C=C\N1CCCCC1)C(=O)O. The highest BCUT2D eigenvalue weighted by molar-refractivity contribution is 5.91. The maximum atomic E-state index is 10.5. The molecular formula is C11H14N2O2. The van der Waals surface area contributed by atoms with Gasteiger partial charge in [0.2, 0.25) is 0 Å². The Bertz CT molecular complexity index is 320. The second-order valence-corrected chi connectivity index (χ2v) is 3.44. The summed E-state index contributed by atoms with van der Waals surface area (Å²) in [6.45, 7) is 2.03. The van der Waals surface area contributed by atoms with Crippen molar-refractivity contribution in [3.05, 3.63) is 23.9 Å². The Balaban J connectivity index is 2.50. The van der Waals surface area contributed by atoms with Gasteiger partial charge in [-0.15, -0.1) is 0 Å². The van der Waals surface area contributed by atoms with Gasteiger partial charge in [0.15, 0.2) is 0 Å². The van der Waals surface area contributed by atoms with Crippen LogP contribution in [0.2, 0.25) is 0 Å². The fraction of sp³-hybridized carbons (Fsp3) is 0.455. The number of nitriles is 1. The van der Waals surface area contributed by atoms with Crippen molar-refractivity contribution >= 4 is 5.97 Å². The quantitative estimate of drug-likeness (QED) is 0.432. The summed E-state index contributed by atoms with van der Waals surface area (Å²) in [5.74, 6) is -1.18. The van der Waals surface area contributed by atoms with E-state index in [1.165, 1.54) is 25.3 Å². The van der Waals surface area contributed by atoms with E-state index in [1.54, 1.807) is 12.1 Å². The number of carbonyl (C=O) groups is 1. The molecule has 0 aliphatic carbocycles. The van der Waals surface area contributed by atoms with Crippen molar-refractivity contribution in [2.45, 2.75) is 19.3 Å². The standard InChI is InChI=1S/C11H14N2O2/c12-9-10(11(14)15)5-4-8-13-6-2-1-3-7-13/h4-5,8H,1-3,6-7H2,(H,14,15)/b8-4+,10-5+. The number of allylic oxidation sites excluding steroid dienone is 2. The van der Waals surface area contributed by atoms with Crippen molar-refractivity contribution in [2.75, 3.05) is 13.1 Å². The normalized spacial score (nSPS) is 17.8. The van der Waals surface area contributed by atoms with Gasteiger partial charge in [-0.25, -0.2) is 4.79 Å². The second kappa shape index (κ2) is 5.86. The van der Waals surface area contributed by atoms with Gasteiger partial charge in [0, 0.05) is 13.1 Å². The average molecular weight is 206 g/mol. The minimum absolute atomic E-state index is 0.233. The first-order chi connectivity index (χ1) is 7.24. The van der Waals surface area contributed by atoms with Crippen LogP contribution in [0.4, 0.5) is 0 Å². The Morgan fingerprint density at radius 3 is 2.53 bits per heavy atom. The number of hydrogen-bond acceptors (Lipinski definition) is 3. The van der Waals surface area contributed by atoms with Gasteiger partial charge in [-0.1, -0.05) is 0 Å². The summed E-state index contributed by atoms with van der Waals surface area (Å²) < 4.78 is 0. The van der Waals surface area contributed by atoms with Crippen molar-refractivity contribution in [3.8, 4) is 6.07 Å². The molecule has 1 rings (SSSR count). The number of nitrogens with zero attached hydrogens (tertiary/aromatic N) is 2. The van der Waals surface area contributed by atoms with Crippen LogP contribution in [0, 0.1) is 11.3 Å². The molecule has 0 radical (unpaired) electrons. The van der Waals surface area contributed by atoms with Gasteiger partial charge in [0.25, 0.3) is 0 Å². The van der Waals surface area contributed by atoms with E-state index in [0.29, 0.717) is 0 Å². The van der Waals surface area contributed by atoms with Crippen LogP contribution in [0.25, 0.3) is 0 Å². The first-order valence-corrected chi connectivity index (χ1v) is 5.00. The lowest BCUT2D eigenvalue weighted by Crippen LogP contribution is -2.23. The Kier molecular flexibility index (Phi) is 4.42. The largest absolute Gasteiger partial charge is 0.477 e. The summed E-state index contributed by atoms with van der Waals surface area (Å²) in [5, 5.41) is 17.1. The maximum absolute atomic E-state index is 10.5. The smallest absolute Gasteiger partial charge is 0.346 e. The van der Waals surface area contributed by atoms with Crippen LogP contribution in [-0.4, -0.2) is 29.1 Å². The highest BCUT2D eigenvalue weighted by Gasteiger charge is 2.05. The van der Waals surface area contributed by atoms with Gasteiger partial charge in [0.1, 0.15) is 11.6 Å². The molecule has 1 aliphatic rings. The molecule has 0 aromatic rings. The van der Waals surface area contributed by atoms with Crippen molar-refractivity contribution in [2.24, 2.45) is 0 Å². The summed E-state index contributed by atoms with van der Waals surface area (Å²) >= 11 is 0. The number of hydrogen-bond donors (Lipinski definition) is 1. The van der Waals surface area contributed by atoms with E-state index in [1.807, 2.05) is 6.20 Å². The molecule has 1 aliphatic heterocycles. The molecule has 0 aromatic carbocycles. The molecule has 4 heteroatoms. The molecule has 1 fully saturated rings. The van der Waals surface area contributed by atoms with E-state index in [-0.39, 0.29) is 5.57 Å². The molecule has 1 saturated heterocycles. The third kappa shape index (κ3) is 3.86. The minimum atomic E-state index is -1.18. The first-order valence-electron chi connectivity index (χ1n) is 5.00. The Hall–Kier alpha value is -1.76. The minimum Gasteiger partial charge on any atom is -0.477 e. The zero-order chi connectivity index (χ0) is 11.1. The Labute approximate surface area is 89.1 Å². The summed E-state index contributed by atoms with van der Waals surface area (Å²) in [4.78, 5) is 12.6. The second-order valence-electron chi connectivity index (χ2n) is 3.44.